The molecular weight excluding hydrogens is 558 g/mol. The Hall–Kier alpha value is -3.86. The number of halogens is 1. The van der Waals surface area contributed by atoms with Crippen molar-refractivity contribution in [2.45, 2.75) is 30.6 Å². The Balaban J connectivity index is 1.50. The van der Waals surface area contributed by atoms with E-state index in [1.807, 2.05) is 39.0 Å². The number of hydrogen-bond donors (Lipinski definition) is 3. The molecule has 0 atom stereocenters. The molecule has 4 aromatic rings. The normalized spacial score (nSPS) is 11.6. The lowest BCUT2D eigenvalue weighted by atomic mass is 10.1. The molecule has 0 aromatic heterocycles. The Kier molecular flexibility index (Phi) is 8.01. The summed E-state index contributed by atoms with van der Waals surface area (Å²) in [6.07, 6.45) is 0. The van der Waals surface area contributed by atoms with Gasteiger partial charge in [-0.05, 0) is 92.6 Å². The van der Waals surface area contributed by atoms with Gasteiger partial charge in [-0.25, -0.2) is 16.8 Å². The van der Waals surface area contributed by atoms with Gasteiger partial charge in [0.1, 0.15) is 4.90 Å². The van der Waals surface area contributed by atoms with Crippen LogP contribution >= 0.6 is 11.6 Å². The summed E-state index contributed by atoms with van der Waals surface area (Å²) in [5.74, 6) is -0.595. The van der Waals surface area contributed by atoms with E-state index >= 15 is 0 Å². The highest BCUT2D eigenvalue weighted by Crippen LogP contribution is 2.26. The highest BCUT2D eigenvalue weighted by Gasteiger charge is 2.21. The quantitative estimate of drug-likeness (QED) is 0.231. The fraction of sp³-hybridized carbons (Fsp3) is 0.107. The van der Waals surface area contributed by atoms with E-state index in [9.17, 15) is 21.6 Å². The maximum Gasteiger partial charge on any atom is 0.263 e. The molecule has 4 aromatic carbocycles. The molecule has 4 rings (SSSR count). The minimum absolute atomic E-state index is 0.0163. The van der Waals surface area contributed by atoms with Crippen LogP contribution in [0.2, 0.25) is 5.02 Å². The third-order valence-electron chi connectivity index (χ3n) is 5.80. The number of amides is 1. The number of hydrogen-bond acceptors (Lipinski definition) is 5. The van der Waals surface area contributed by atoms with Crippen molar-refractivity contribution in [3.63, 3.8) is 0 Å². The van der Waals surface area contributed by atoms with Crippen LogP contribution in [0.15, 0.2) is 94.7 Å². The Morgan fingerprint density at radius 3 is 2.05 bits per heavy atom. The van der Waals surface area contributed by atoms with Gasteiger partial charge in [-0.15, -0.1) is 0 Å². The number of benzene rings is 4. The Labute approximate surface area is 233 Å². The lowest BCUT2D eigenvalue weighted by molar-refractivity contribution is 0.102. The molecule has 0 saturated carbocycles. The summed E-state index contributed by atoms with van der Waals surface area (Å²) in [5.41, 5.74) is 3.89. The van der Waals surface area contributed by atoms with Gasteiger partial charge in [0.2, 0.25) is 0 Å². The van der Waals surface area contributed by atoms with Crippen molar-refractivity contribution in [2.24, 2.45) is 0 Å². The predicted octanol–water partition coefficient (Wildman–Crippen LogP) is 6.12. The van der Waals surface area contributed by atoms with E-state index in [-0.39, 0.29) is 20.4 Å². The lowest BCUT2D eigenvalue weighted by Gasteiger charge is -2.13. The average Bonchev–Trinajstić information content (AvgIpc) is 2.86. The van der Waals surface area contributed by atoms with Crippen LogP contribution in [0.5, 0.6) is 0 Å². The Morgan fingerprint density at radius 1 is 0.692 bits per heavy atom. The molecule has 0 aliphatic heterocycles. The summed E-state index contributed by atoms with van der Waals surface area (Å²) in [7, 11) is -7.93. The SMILES string of the molecule is Cc1cccc(NS(=O)(=O)c2cc(C(=O)Nc3ccc(S(=O)(=O)Nc4ccc(C)cc4C)cc3)ccc2Cl)c1. The summed E-state index contributed by atoms with van der Waals surface area (Å²) in [6, 6.07) is 21.8. The Bertz CT molecular complexity index is 1770. The molecule has 0 heterocycles. The monoisotopic (exact) mass is 583 g/mol. The molecule has 0 aliphatic rings. The van der Waals surface area contributed by atoms with Gasteiger partial charge in [-0.2, -0.15) is 0 Å². The zero-order valence-corrected chi connectivity index (χ0v) is 23.7. The zero-order chi connectivity index (χ0) is 28.4. The first-order valence-corrected chi connectivity index (χ1v) is 15.1. The maximum absolute atomic E-state index is 13.0. The summed E-state index contributed by atoms with van der Waals surface area (Å²) in [6.45, 7) is 5.57. The van der Waals surface area contributed by atoms with Gasteiger partial charge in [0.15, 0.2) is 0 Å². The first-order chi connectivity index (χ1) is 18.3. The smallest absolute Gasteiger partial charge is 0.263 e. The largest absolute Gasteiger partial charge is 0.322 e. The van der Waals surface area contributed by atoms with Crippen molar-refractivity contribution in [3.05, 3.63) is 112 Å². The van der Waals surface area contributed by atoms with Crippen molar-refractivity contribution < 1.29 is 21.6 Å². The number of nitrogens with one attached hydrogen (secondary N) is 3. The van der Waals surface area contributed by atoms with Crippen LogP contribution in [0.3, 0.4) is 0 Å². The van der Waals surface area contributed by atoms with E-state index in [1.54, 1.807) is 24.3 Å². The van der Waals surface area contributed by atoms with E-state index in [0.29, 0.717) is 17.1 Å². The highest BCUT2D eigenvalue weighted by molar-refractivity contribution is 7.93. The van der Waals surface area contributed by atoms with Gasteiger partial charge in [0.25, 0.3) is 26.0 Å². The molecule has 0 unspecified atom stereocenters. The van der Waals surface area contributed by atoms with E-state index in [1.165, 1.54) is 42.5 Å². The number of anilines is 3. The third kappa shape index (κ3) is 6.78. The summed E-state index contributed by atoms with van der Waals surface area (Å²) >= 11 is 6.16. The van der Waals surface area contributed by atoms with Crippen LogP contribution in [0, 0.1) is 20.8 Å². The third-order valence-corrected chi connectivity index (χ3v) is 9.05. The van der Waals surface area contributed by atoms with E-state index < -0.39 is 26.0 Å². The van der Waals surface area contributed by atoms with Crippen LogP contribution in [0.25, 0.3) is 0 Å². The molecule has 202 valence electrons. The van der Waals surface area contributed by atoms with Crippen LogP contribution in [0.1, 0.15) is 27.0 Å². The standard InChI is InChI=1S/C28H26ClN3O5S2/c1-18-5-4-6-23(16-18)31-39(36,37)27-17-21(8-13-25(27)29)28(33)30-22-9-11-24(12-10-22)38(34,35)32-26-14-7-19(2)15-20(26)3/h4-17,31-32H,1-3H3,(H,30,33). The maximum atomic E-state index is 13.0. The number of aryl methyl sites for hydroxylation is 3. The first-order valence-electron chi connectivity index (χ1n) is 11.7. The van der Waals surface area contributed by atoms with Crippen molar-refractivity contribution >= 4 is 54.6 Å². The van der Waals surface area contributed by atoms with Gasteiger partial charge < -0.3 is 5.32 Å². The number of carbonyl (C=O) groups is 1. The van der Waals surface area contributed by atoms with Gasteiger partial charge >= 0.3 is 0 Å². The molecule has 11 heteroatoms. The summed E-state index contributed by atoms with van der Waals surface area (Å²) in [5, 5.41) is 2.60. The van der Waals surface area contributed by atoms with Crippen molar-refractivity contribution in [1.29, 1.82) is 0 Å². The molecular formula is C28H26ClN3O5S2. The molecule has 1 amide bonds. The van der Waals surface area contributed by atoms with Crippen LogP contribution < -0.4 is 14.8 Å². The predicted molar refractivity (Wildman–Crippen MR) is 155 cm³/mol. The minimum atomic E-state index is -4.08. The van der Waals surface area contributed by atoms with E-state index in [2.05, 4.69) is 14.8 Å². The van der Waals surface area contributed by atoms with Crippen molar-refractivity contribution in [2.75, 3.05) is 14.8 Å². The van der Waals surface area contributed by atoms with Crippen LogP contribution in [0.4, 0.5) is 17.1 Å². The van der Waals surface area contributed by atoms with E-state index in [0.717, 1.165) is 16.7 Å². The molecule has 0 spiro atoms. The van der Waals surface area contributed by atoms with E-state index in [4.69, 9.17) is 11.6 Å². The van der Waals surface area contributed by atoms with Gasteiger partial charge in [0, 0.05) is 16.9 Å². The highest BCUT2D eigenvalue weighted by atomic mass is 35.5. The second kappa shape index (κ2) is 11.1. The van der Waals surface area contributed by atoms with Gasteiger partial charge in [0.05, 0.1) is 15.6 Å². The zero-order valence-electron chi connectivity index (χ0n) is 21.3. The van der Waals surface area contributed by atoms with Crippen molar-refractivity contribution in [1.82, 2.24) is 0 Å². The molecule has 0 aliphatic carbocycles. The van der Waals surface area contributed by atoms with Gasteiger partial charge in [-0.3, -0.25) is 14.2 Å². The molecule has 39 heavy (non-hydrogen) atoms. The Morgan fingerprint density at radius 2 is 1.38 bits per heavy atom. The number of sulfonamides is 2. The molecule has 0 fully saturated rings. The van der Waals surface area contributed by atoms with Gasteiger partial charge in [-0.1, -0.05) is 41.4 Å². The fourth-order valence-corrected chi connectivity index (χ4v) is 6.53. The number of rotatable bonds is 8. The second-order valence-corrected chi connectivity index (χ2v) is 12.8. The molecule has 8 nitrogen and oxygen atoms in total. The molecule has 0 radical (unpaired) electrons. The second-order valence-electron chi connectivity index (χ2n) is 9.02. The molecule has 3 N–H and O–H groups in total. The average molecular weight is 584 g/mol. The molecule has 0 saturated heterocycles. The minimum Gasteiger partial charge on any atom is -0.322 e. The molecule has 0 bridgehead atoms. The fourth-order valence-electron chi connectivity index (χ4n) is 3.82. The van der Waals surface area contributed by atoms with Crippen molar-refractivity contribution in [3.8, 4) is 0 Å². The summed E-state index contributed by atoms with van der Waals surface area (Å²) in [4.78, 5) is 12.7. The summed E-state index contributed by atoms with van der Waals surface area (Å²) < 4.78 is 56.7. The van der Waals surface area contributed by atoms with Crippen LogP contribution in [-0.4, -0.2) is 22.7 Å². The first kappa shape index (κ1) is 28.2. The number of carbonyl (C=O) groups excluding carboxylic acids is 1. The van der Waals surface area contributed by atoms with Crippen LogP contribution in [-0.2, 0) is 20.0 Å². The lowest BCUT2D eigenvalue weighted by Crippen LogP contribution is -2.17. The topological polar surface area (TPSA) is 121 Å².